The van der Waals surface area contributed by atoms with Crippen molar-refractivity contribution in [2.24, 2.45) is 17.8 Å². The number of hydrogen-bond acceptors (Lipinski definition) is 5. The van der Waals surface area contributed by atoms with Crippen LogP contribution in [0, 0.1) is 42.1 Å². The number of rotatable bonds is 5. The molecule has 3 aromatic rings. The zero-order valence-electron chi connectivity index (χ0n) is 21.1. The first-order valence-electron chi connectivity index (χ1n) is 12.5. The molecular weight excluding hydrogens is 553 g/mol. The summed E-state index contributed by atoms with van der Waals surface area (Å²) in [5, 5.41) is 13.3. The summed E-state index contributed by atoms with van der Waals surface area (Å²) in [5.41, 5.74) is -0.0198. The topological polar surface area (TPSA) is 96.4 Å². The molecule has 2 saturated carbocycles. The zero-order chi connectivity index (χ0) is 28.3. The van der Waals surface area contributed by atoms with E-state index in [4.69, 9.17) is 11.6 Å². The number of aliphatic hydroxyl groups is 1. The number of anilines is 1. The highest BCUT2D eigenvalue weighted by atomic mass is 35.5. The lowest BCUT2D eigenvalue weighted by atomic mass is 9.69. The molecule has 1 heterocycles. The molecule has 0 aliphatic heterocycles. The standard InChI is InChI=1S/C28H26ClF3N2O4S/c1-14-7-17-9-19(12-21(14)28(17,36)20-5-6-33-13-15(20)2)39(37,38)25-8-16(3-4-22(25)29)27(35)34-18-10-23(30)26(32)24(31)11-18/h3-6,8,10-11,13-14,17,19,21,36H,7,9,12H2,1-2H3,(H,34,35)/t14-,17?,19?,21+,28-/m0/s1. The fraction of sp³-hybridized carbons (Fsp3) is 0.357. The SMILES string of the molecule is Cc1cnccc1[C@@]1(O)C2CC(S(=O)(=O)c3cc(C(=O)Nc4cc(F)c(F)c(F)c4)ccc3Cl)C[C@@H]1[C@@H](C)C2. The molecule has 206 valence electrons. The maximum Gasteiger partial charge on any atom is 0.255 e. The lowest BCUT2D eigenvalue weighted by Crippen LogP contribution is -2.47. The Labute approximate surface area is 229 Å². The predicted molar refractivity (Wildman–Crippen MR) is 140 cm³/mol. The van der Waals surface area contributed by atoms with Gasteiger partial charge in [0, 0.05) is 35.8 Å². The summed E-state index contributed by atoms with van der Waals surface area (Å²) in [5.74, 6) is -6.02. The Morgan fingerprint density at radius 1 is 1.10 bits per heavy atom. The number of amides is 1. The van der Waals surface area contributed by atoms with E-state index in [1.54, 1.807) is 18.5 Å². The molecule has 0 saturated heterocycles. The molecule has 5 rings (SSSR count). The van der Waals surface area contributed by atoms with Gasteiger partial charge in [-0.1, -0.05) is 18.5 Å². The van der Waals surface area contributed by atoms with Crippen LogP contribution in [0.3, 0.4) is 0 Å². The summed E-state index contributed by atoms with van der Waals surface area (Å²) in [6.45, 7) is 3.89. The highest BCUT2D eigenvalue weighted by Crippen LogP contribution is 2.59. The van der Waals surface area contributed by atoms with E-state index < -0.39 is 44.0 Å². The highest BCUT2D eigenvalue weighted by Gasteiger charge is 2.59. The Hall–Kier alpha value is -2.95. The molecule has 2 fully saturated rings. The van der Waals surface area contributed by atoms with Gasteiger partial charge in [-0.3, -0.25) is 9.78 Å². The van der Waals surface area contributed by atoms with Crippen LogP contribution in [0.15, 0.2) is 53.7 Å². The number of halogens is 4. The normalized spacial score (nSPS) is 26.4. The summed E-state index contributed by atoms with van der Waals surface area (Å²) < 4.78 is 68.1. The van der Waals surface area contributed by atoms with Crippen LogP contribution in [0.2, 0.25) is 5.02 Å². The second kappa shape index (κ2) is 9.91. The number of carbonyl (C=O) groups is 1. The van der Waals surface area contributed by atoms with E-state index in [2.05, 4.69) is 10.3 Å². The molecule has 6 nitrogen and oxygen atoms in total. The molecule has 2 N–H and O–H groups in total. The second-order valence-corrected chi connectivity index (χ2v) is 13.1. The molecular formula is C28H26ClF3N2O4S. The first kappa shape index (κ1) is 27.6. The minimum Gasteiger partial charge on any atom is -0.385 e. The number of nitrogens with zero attached hydrogens (tertiary/aromatic N) is 1. The van der Waals surface area contributed by atoms with Gasteiger partial charge in [0.15, 0.2) is 27.3 Å². The van der Waals surface area contributed by atoms with Gasteiger partial charge >= 0.3 is 0 Å². The number of aromatic nitrogens is 1. The van der Waals surface area contributed by atoms with Crippen LogP contribution < -0.4 is 5.32 Å². The largest absolute Gasteiger partial charge is 0.385 e. The third kappa shape index (κ3) is 4.62. The van der Waals surface area contributed by atoms with E-state index in [0.717, 1.165) is 17.2 Å². The van der Waals surface area contributed by atoms with E-state index in [9.17, 15) is 31.5 Å². The van der Waals surface area contributed by atoms with Crippen molar-refractivity contribution >= 4 is 33.0 Å². The van der Waals surface area contributed by atoms with Gasteiger partial charge in [0.1, 0.15) is 0 Å². The lowest BCUT2D eigenvalue weighted by molar-refractivity contribution is -0.0703. The van der Waals surface area contributed by atoms with Gasteiger partial charge in [0.25, 0.3) is 5.91 Å². The maximum atomic E-state index is 13.9. The summed E-state index contributed by atoms with van der Waals surface area (Å²) in [6, 6.07) is 6.71. The number of carbonyl (C=O) groups excluding carboxylic acids is 1. The number of pyridine rings is 1. The van der Waals surface area contributed by atoms with Crippen LogP contribution >= 0.6 is 11.6 Å². The minimum absolute atomic E-state index is 0.0726. The van der Waals surface area contributed by atoms with Crippen LogP contribution in [-0.4, -0.2) is 29.7 Å². The van der Waals surface area contributed by atoms with E-state index >= 15 is 0 Å². The number of fused-ring (bicyclic) bond motifs is 2. The van der Waals surface area contributed by atoms with Gasteiger partial charge in [-0.2, -0.15) is 0 Å². The van der Waals surface area contributed by atoms with Crippen LogP contribution in [0.1, 0.15) is 47.7 Å². The second-order valence-electron chi connectivity index (χ2n) is 10.5. The van der Waals surface area contributed by atoms with E-state index in [1.807, 2.05) is 13.8 Å². The molecule has 2 aliphatic rings. The van der Waals surface area contributed by atoms with Crippen molar-refractivity contribution in [3.05, 3.63) is 88.0 Å². The lowest BCUT2D eigenvalue weighted by Gasteiger charge is -2.44. The molecule has 1 amide bonds. The van der Waals surface area contributed by atoms with E-state index in [0.29, 0.717) is 18.6 Å². The molecule has 2 aromatic carbocycles. The van der Waals surface area contributed by atoms with Gasteiger partial charge in [0.2, 0.25) is 0 Å². The van der Waals surface area contributed by atoms with Crippen LogP contribution in [0.25, 0.3) is 0 Å². The Kier molecular flexibility index (Phi) is 7.01. The first-order valence-corrected chi connectivity index (χ1v) is 14.4. The van der Waals surface area contributed by atoms with Gasteiger partial charge in [-0.25, -0.2) is 21.6 Å². The summed E-state index contributed by atoms with van der Waals surface area (Å²) in [7, 11) is -4.04. The molecule has 2 aliphatic carbocycles. The van der Waals surface area contributed by atoms with Crippen molar-refractivity contribution in [3.8, 4) is 0 Å². The van der Waals surface area contributed by atoms with E-state index in [-0.39, 0.29) is 51.8 Å². The van der Waals surface area contributed by atoms with E-state index in [1.165, 1.54) is 12.1 Å². The summed E-state index contributed by atoms with van der Waals surface area (Å²) in [6.07, 6.45) is 4.39. The fourth-order valence-corrected chi connectivity index (χ4v) is 8.76. The Bertz CT molecular complexity index is 1560. The van der Waals surface area contributed by atoms with Crippen LogP contribution in [-0.2, 0) is 15.4 Å². The number of aryl methyl sites for hydroxylation is 1. The number of benzene rings is 2. The molecule has 0 spiro atoms. The van der Waals surface area contributed by atoms with Crippen LogP contribution in [0.5, 0.6) is 0 Å². The monoisotopic (exact) mass is 578 g/mol. The number of hydrogen-bond donors (Lipinski definition) is 2. The molecule has 2 bridgehead atoms. The third-order valence-electron chi connectivity index (χ3n) is 8.23. The summed E-state index contributed by atoms with van der Waals surface area (Å²) >= 11 is 6.31. The average molecular weight is 579 g/mol. The predicted octanol–water partition coefficient (Wildman–Crippen LogP) is 5.81. The molecule has 5 atom stereocenters. The van der Waals surface area contributed by atoms with Crippen molar-refractivity contribution in [2.75, 3.05) is 5.32 Å². The maximum absolute atomic E-state index is 13.9. The summed E-state index contributed by atoms with van der Waals surface area (Å²) in [4.78, 5) is 16.7. The van der Waals surface area contributed by atoms with Crippen molar-refractivity contribution in [1.82, 2.24) is 4.98 Å². The molecule has 39 heavy (non-hydrogen) atoms. The van der Waals surface area contributed by atoms with Gasteiger partial charge in [-0.15, -0.1) is 0 Å². The van der Waals surface area contributed by atoms with Gasteiger partial charge in [-0.05, 0) is 79.3 Å². The third-order valence-corrected chi connectivity index (χ3v) is 10.9. The highest BCUT2D eigenvalue weighted by molar-refractivity contribution is 7.92. The minimum atomic E-state index is -4.04. The zero-order valence-corrected chi connectivity index (χ0v) is 22.7. The van der Waals surface area contributed by atoms with Crippen molar-refractivity contribution in [3.63, 3.8) is 0 Å². The number of nitrogens with one attached hydrogen (secondary N) is 1. The Morgan fingerprint density at radius 2 is 1.79 bits per heavy atom. The Morgan fingerprint density at radius 3 is 2.44 bits per heavy atom. The van der Waals surface area contributed by atoms with Gasteiger partial charge < -0.3 is 10.4 Å². The quantitative estimate of drug-likeness (QED) is 0.373. The average Bonchev–Trinajstić information content (AvgIpc) is 3.00. The van der Waals surface area contributed by atoms with Crippen molar-refractivity contribution in [1.29, 1.82) is 0 Å². The van der Waals surface area contributed by atoms with Crippen LogP contribution in [0.4, 0.5) is 18.9 Å². The van der Waals surface area contributed by atoms with Gasteiger partial charge in [0.05, 0.1) is 20.8 Å². The molecule has 11 heteroatoms. The Balaban J connectivity index is 1.44. The molecule has 2 unspecified atom stereocenters. The molecule has 0 radical (unpaired) electrons. The fourth-order valence-electron chi connectivity index (χ4n) is 6.38. The first-order chi connectivity index (χ1) is 18.3. The smallest absolute Gasteiger partial charge is 0.255 e. The number of sulfone groups is 1. The van der Waals surface area contributed by atoms with Crippen molar-refractivity contribution in [2.45, 2.75) is 48.9 Å². The van der Waals surface area contributed by atoms with Crippen molar-refractivity contribution < 1.29 is 31.5 Å². The molecule has 1 aromatic heterocycles.